The molecule has 3 rings (SSSR count). The van der Waals surface area contributed by atoms with Crippen LogP contribution in [0.4, 0.5) is 0 Å². The van der Waals surface area contributed by atoms with E-state index in [1.807, 2.05) is 0 Å². The molecule has 0 radical (unpaired) electrons. The number of hydrogen-bond donors (Lipinski definition) is 2. The van der Waals surface area contributed by atoms with Gasteiger partial charge in [-0.15, -0.1) is 0 Å². The number of hydrogen-bond acceptors (Lipinski definition) is 5. The van der Waals surface area contributed by atoms with Gasteiger partial charge >= 0.3 is 0 Å². The SMILES string of the molecule is COc1ccc(O)c(C(=O)c2coc3ccc(O)cc23)c1. The number of phenolic OH excluding ortho intramolecular Hbond substituents is 2. The largest absolute Gasteiger partial charge is 0.508 e. The number of aromatic hydroxyl groups is 2. The fourth-order valence-electron chi connectivity index (χ4n) is 2.16. The van der Waals surface area contributed by atoms with Gasteiger partial charge in [0.25, 0.3) is 0 Å². The molecular formula is C16H12O5. The van der Waals surface area contributed by atoms with Crippen LogP contribution in [0.3, 0.4) is 0 Å². The zero-order valence-electron chi connectivity index (χ0n) is 11.2. The number of carbonyl (C=O) groups excluding carboxylic acids is 1. The van der Waals surface area contributed by atoms with Crippen molar-refractivity contribution in [3.63, 3.8) is 0 Å². The van der Waals surface area contributed by atoms with E-state index in [9.17, 15) is 15.0 Å². The van der Waals surface area contributed by atoms with Gasteiger partial charge < -0.3 is 19.4 Å². The smallest absolute Gasteiger partial charge is 0.200 e. The lowest BCUT2D eigenvalue weighted by Crippen LogP contribution is -2.01. The number of fused-ring (bicyclic) bond motifs is 1. The summed E-state index contributed by atoms with van der Waals surface area (Å²) in [6.45, 7) is 0. The number of methoxy groups -OCH3 is 1. The number of rotatable bonds is 3. The molecule has 0 aliphatic heterocycles. The van der Waals surface area contributed by atoms with Crippen molar-refractivity contribution in [2.24, 2.45) is 0 Å². The molecule has 0 amide bonds. The molecule has 0 spiro atoms. The second-order valence-electron chi connectivity index (χ2n) is 4.54. The van der Waals surface area contributed by atoms with Gasteiger partial charge in [0.2, 0.25) is 5.78 Å². The molecule has 2 N–H and O–H groups in total. The summed E-state index contributed by atoms with van der Waals surface area (Å²) in [7, 11) is 1.48. The van der Waals surface area contributed by atoms with E-state index in [2.05, 4.69) is 0 Å². The lowest BCUT2D eigenvalue weighted by molar-refractivity contribution is 0.103. The molecular weight excluding hydrogens is 272 g/mol. The van der Waals surface area contributed by atoms with Crippen LogP contribution in [0.1, 0.15) is 15.9 Å². The summed E-state index contributed by atoms with van der Waals surface area (Å²) in [6.07, 6.45) is 1.31. The summed E-state index contributed by atoms with van der Waals surface area (Å²) in [6, 6.07) is 8.91. The van der Waals surface area contributed by atoms with E-state index in [-0.39, 0.29) is 22.6 Å². The quantitative estimate of drug-likeness (QED) is 0.722. The molecule has 1 aromatic heterocycles. The van der Waals surface area contributed by atoms with Crippen molar-refractivity contribution >= 4 is 16.8 Å². The summed E-state index contributed by atoms with van der Waals surface area (Å²) in [5.41, 5.74) is 0.864. The topological polar surface area (TPSA) is 79.9 Å². The van der Waals surface area contributed by atoms with Crippen LogP contribution in [0.2, 0.25) is 0 Å². The van der Waals surface area contributed by atoms with Crippen molar-refractivity contribution in [3.8, 4) is 17.2 Å². The van der Waals surface area contributed by atoms with Gasteiger partial charge in [-0.2, -0.15) is 0 Å². The summed E-state index contributed by atoms with van der Waals surface area (Å²) >= 11 is 0. The average molecular weight is 284 g/mol. The molecule has 5 heteroatoms. The summed E-state index contributed by atoms with van der Waals surface area (Å²) < 4.78 is 10.4. The zero-order chi connectivity index (χ0) is 15.0. The Hall–Kier alpha value is -2.95. The molecule has 0 unspecified atom stereocenters. The van der Waals surface area contributed by atoms with Gasteiger partial charge in [0.05, 0.1) is 18.2 Å². The van der Waals surface area contributed by atoms with E-state index in [4.69, 9.17) is 9.15 Å². The van der Waals surface area contributed by atoms with Gasteiger partial charge in [-0.25, -0.2) is 0 Å². The number of benzene rings is 2. The molecule has 0 atom stereocenters. The Kier molecular flexibility index (Phi) is 3.02. The summed E-state index contributed by atoms with van der Waals surface area (Å²) in [4.78, 5) is 12.6. The number of carbonyl (C=O) groups is 1. The van der Waals surface area contributed by atoms with E-state index < -0.39 is 5.78 Å². The van der Waals surface area contributed by atoms with Crippen LogP contribution in [0.25, 0.3) is 11.0 Å². The Morgan fingerprint density at radius 2 is 1.90 bits per heavy atom. The Morgan fingerprint density at radius 3 is 2.67 bits per heavy atom. The molecule has 0 aliphatic carbocycles. The molecule has 0 aliphatic rings. The molecule has 2 aromatic carbocycles. The van der Waals surface area contributed by atoms with Crippen molar-refractivity contribution in [1.82, 2.24) is 0 Å². The zero-order valence-corrected chi connectivity index (χ0v) is 11.2. The number of ketones is 1. The van der Waals surface area contributed by atoms with Crippen LogP contribution in [-0.2, 0) is 0 Å². The maximum Gasteiger partial charge on any atom is 0.200 e. The van der Waals surface area contributed by atoms with E-state index in [1.165, 1.54) is 37.6 Å². The fraction of sp³-hybridized carbons (Fsp3) is 0.0625. The Bertz CT molecular complexity index is 832. The highest BCUT2D eigenvalue weighted by Gasteiger charge is 2.19. The highest BCUT2D eigenvalue weighted by Crippen LogP contribution is 2.30. The van der Waals surface area contributed by atoms with Crippen LogP contribution in [0.5, 0.6) is 17.2 Å². The average Bonchev–Trinajstić information content (AvgIpc) is 2.90. The first-order valence-corrected chi connectivity index (χ1v) is 6.22. The van der Waals surface area contributed by atoms with Crippen molar-refractivity contribution in [2.75, 3.05) is 7.11 Å². The maximum atomic E-state index is 12.6. The standard InChI is InChI=1S/C16H12O5/c1-20-10-3-4-14(18)12(7-10)16(19)13-8-21-15-5-2-9(17)6-11(13)15/h2-8,17-18H,1H3. The van der Waals surface area contributed by atoms with Crippen molar-refractivity contribution < 1.29 is 24.2 Å². The first-order chi connectivity index (χ1) is 10.1. The molecule has 21 heavy (non-hydrogen) atoms. The number of furan rings is 1. The molecule has 0 saturated heterocycles. The fourth-order valence-corrected chi connectivity index (χ4v) is 2.16. The summed E-state index contributed by atoms with van der Waals surface area (Å²) in [5.74, 6) is -0.0503. The second-order valence-corrected chi connectivity index (χ2v) is 4.54. The predicted octanol–water partition coefficient (Wildman–Crippen LogP) is 3.08. The Balaban J connectivity index is 2.14. The third-order valence-electron chi connectivity index (χ3n) is 3.25. The predicted molar refractivity (Wildman–Crippen MR) is 76.0 cm³/mol. The third kappa shape index (κ3) is 2.18. The highest BCUT2D eigenvalue weighted by molar-refractivity contribution is 6.17. The van der Waals surface area contributed by atoms with Gasteiger partial charge in [-0.05, 0) is 36.4 Å². The minimum atomic E-state index is -0.407. The Morgan fingerprint density at radius 1 is 1.10 bits per heavy atom. The molecule has 3 aromatic rings. The maximum absolute atomic E-state index is 12.6. The summed E-state index contributed by atoms with van der Waals surface area (Å²) in [5, 5.41) is 19.9. The molecule has 0 bridgehead atoms. The van der Waals surface area contributed by atoms with Crippen molar-refractivity contribution in [1.29, 1.82) is 0 Å². The lowest BCUT2D eigenvalue weighted by atomic mass is 10.0. The molecule has 0 fully saturated rings. The van der Waals surface area contributed by atoms with Gasteiger partial charge in [0, 0.05) is 5.39 Å². The van der Waals surface area contributed by atoms with Crippen LogP contribution >= 0.6 is 0 Å². The molecule has 1 heterocycles. The molecule has 106 valence electrons. The van der Waals surface area contributed by atoms with Crippen LogP contribution in [0.15, 0.2) is 47.1 Å². The van der Waals surface area contributed by atoms with Gasteiger partial charge in [-0.1, -0.05) is 0 Å². The third-order valence-corrected chi connectivity index (χ3v) is 3.25. The first kappa shape index (κ1) is 13.1. The van der Waals surface area contributed by atoms with Crippen LogP contribution in [0, 0.1) is 0 Å². The van der Waals surface area contributed by atoms with Crippen LogP contribution in [-0.4, -0.2) is 23.1 Å². The van der Waals surface area contributed by atoms with E-state index in [0.717, 1.165) is 0 Å². The van der Waals surface area contributed by atoms with E-state index in [1.54, 1.807) is 12.1 Å². The Labute approximate surface area is 120 Å². The second kappa shape index (κ2) is 4.86. The van der Waals surface area contributed by atoms with Gasteiger partial charge in [0.15, 0.2) is 0 Å². The van der Waals surface area contributed by atoms with Gasteiger partial charge in [0.1, 0.15) is 29.1 Å². The van der Waals surface area contributed by atoms with E-state index >= 15 is 0 Å². The van der Waals surface area contributed by atoms with Crippen molar-refractivity contribution in [2.45, 2.75) is 0 Å². The lowest BCUT2D eigenvalue weighted by Gasteiger charge is -2.05. The molecule has 5 nitrogen and oxygen atoms in total. The number of ether oxygens (including phenoxy) is 1. The monoisotopic (exact) mass is 284 g/mol. The number of phenols is 2. The minimum Gasteiger partial charge on any atom is -0.508 e. The van der Waals surface area contributed by atoms with Crippen molar-refractivity contribution in [3.05, 3.63) is 53.8 Å². The first-order valence-electron chi connectivity index (χ1n) is 6.22. The van der Waals surface area contributed by atoms with E-state index in [0.29, 0.717) is 16.7 Å². The van der Waals surface area contributed by atoms with Gasteiger partial charge in [-0.3, -0.25) is 4.79 Å². The normalized spacial score (nSPS) is 10.7. The molecule has 0 saturated carbocycles. The minimum absolute atomic E-state index is 0.0350. The van der Waals surface area contributed by atoms with Crippen LogP contribution < -0.4 is 4.74 Å². The highest BCUT2D eigenvalue weighted by atomic mass is 16.5.